The zero-order valence-electron chi connectivity index (χ0n) is 16.1. The fraction of sp³-hybridized carbons (Fsp3) is 0.263. The third-order valence-electron chi connectivity index (χ3n) is 4.14. The standard InChI is InChI=1S/C19H20Cl2N2O6S/c1-29-19(26)16(11-24)22-18(25)12-6-8-14(9-7-12)23(30(2,27)28)10-13-4-3-5-15(20)17(13)21/h3-9,16,24H,10-11H2,1-2H3,(H,22,25). The van der Waals surface area contributed by atoms with Crippen LogP contribution in [0.5, 0.6) is 0 Å². The summed E-state index contributed by atoms with van der Waals surface area (Å²) in [5.74, 6) is -1.42. The van der Waals surface area contributed by atoms with Crippen LogP contribution in [-0.4, -0.2) is 51.4 Å². The van der Waals surface area contributed by atoms with Crippen molar-refractivity contribution in [2.45, 2.75) is 12.6 Å². The molecule has 0 heterocycles. The fourth-order valence-corrected chi connectivity index (χ4v) is 3.83. The third kappa shape index (κ3) is 5.85. The Morgan fingerprint density at radius 2 is 1.80 bits per heavy atom. The summed E-state index contributed by atoms with van der Waals surface area (Å²) in [6.07, 6.45) is 1.05. The number of ether oxygens (including phenoxy) is 1. The number of aliphatic hydroxyl groups excluding tert-OH is 1. The van der Waals surface area contributed by atoms with E-state index >= 15 is 0 Å². The molecule has 1 unspecified atom stereocenters. The second-order valence-electron chi connectivity index (χ2n) is 6.26. The number of hydrogen-bond donors (Lipinski definition) is 2. The number of carbonyl (C=O) groups excluding carboxylic acids is 2. The van der Waals surface area contributed by atoms with E-state index in [-0.39, 0.29) is 17.1 Å². The fourth-order valence-electron chi connectivity index (χ4n) is 2.57. The molecule has 0 aliphatic carbocycles. The maximum atomic E-state index is 12.3. The molecular formula is C19H20Cl2N2O6S. The maximum absolute atomic E-state index is 12.3. The van der Waals surface area contributed by atoms with Gasteiger partial charge in [0, 0.05) is 5.56 Å². The molecule has 2 aromatic rings. The zero-order chi connectivity index (χ0) is 22.5. The summed E-state index contributed by atoms with van der Waals surface area (Å²) in [4.78, 5) is 23.8. The first-order chi connectivity index (χ1) is 14.1. The molecule has 0 fully saturated rings. The van der Waals surface area contributed by atoms with Gasteiger partial charge in [-0.1, -0.05) is 35.3 Å². The van der Waals surface area contributed by atoms with Crippen molar-refractivity contribution in [3.63, 3.8) is 0 Å². The summed E-state index contributed by atoms with van der Waals surface area (Å²) in [5.41, 5.74) is 0.979. The Morgan fingerprint density at radius 1 is 1.17 bits per heavy atom. The summed E-state index contributed by atoms with van der Waals surface area (Å²) in [7, 11) is -2.54. The highest BCUT2D eigenvalue weighted by Gasteiger charge is 2.23. The number of methoxy groups -OCH3 is 1. The Kier molecular flexibility index (Phi) is 8.08. The van der Waals surface area contributed by atoms with E-state index in [0.717, 1.165) is 17.7 Å². The van der Waals surface area contributed by atoms with Crippen LogP contribution in [0.4, 0.5) is 5.69 Å². The van der Waals surface area contributed by atoms with Gasteiger partial charge in [-0.25, -0.2) is 13.2 Å². The molecular weight excluding hydrogens is 455 g/mol. The molecule has 2 rings (SSSR count). The van der Waals surface area contributed by atoms with Crippen LogP contribution in [0.1, 0.15) is 15.9 Å². The van der Waals surface area contributed by atoms with Crippen LogP contribution in [0.25, 0.3) is 0 Å². The van der Waals surface area contributed by atoms with E-state index in [1.165, 1.54) is 24.3 Å². The Hall–Kier alpha value is -2.33. The van der Waals surface area contributed by atoms with Gasteiger partial charge in [0.2, 0.25) is 10.0 Å². The van der Waals surface area contributed by atoms with Crippen LogP contribution in [0.15, 0.2) is 42.5 Å². The number of esters is 1. The number of rotatable bonds is 8. The van der Waals surface area contributed by atoms with Crippen molar-refractivity contribution in [2.75, 3.05) is 24.3 Å². The molecule has 2 N–H and O–H groups in total. The van der Waals surface area contributed by atoms with Crippen LogP contribution in [-0.2, 0) is 26.1 Å². The van der Waals surface area contributed by atoms with Crippen LogP contribution < -0.4 is 9.62 Å². The van der Waals surface area contributed by atoms with Gasteiger partial charge in [0.05, 0.1) is 42.2 Å². The van der Waals surface area contributed by atoms with Crippen molar-refractivity contribution >= 4 is 50.8 Å². The van der Waals surface area contributed by atoms with Crippen LogP contribution in [0, 0.1) is 0 Å². The first-order valence-corrected chi connectivity index (χ1v) is 11.2. The number of nitrogens with one attached hydrogen (secondary N) is 1. The molecule has 0 saturated carbocycles. The molecule has 0 saturated heterocycles. The SMILES string of the molecule is COC(=O)C(CO)NC(=O)c1ccc(N(Cc2cccc(Cl)c2Cl)S(C)(=O)=O)cc1. The van der Waals surface area contributed by atoms with Crippen LogP contribution in [0.3, 0.4) is 0 Å². The molecule has 0 aromatic heterocycles. The molecule has 0 aliphatic rings. The molecule has 1 atom stereocenters. The van der Waals surface area contributed by atoms with Gasteiger partial charge in [-0.15, -0.1) is 0 Å². The number of carbonyl (C=O) groups is 2. The molecule has 8 nitrogen and oxygen atoms in total. The summed E-state index contributed by atoms with van der Waals surface area (Å²) >= 11 is 12.2. The van der Waals surface area contributed by atoms with Gasteiger partial charge in [0.1, 0.15) is 0 Å². The van der Waals surface area contributed by atoms with Gasteiger partial charge < -0.3 is 15.2 Å². The zero-order valence-corrected chi connectivity index (χ0v) is 18.5. The van der Waals surface area contributed by atoms with Crippen molar-refractivity contribution in [1.29, 1.82) is 0 Å². The molecule has 30 heavy (non-hydrogen) atoms. The highest BCUT2D eigenvalue weighted by Crippen LogP contribution is 2.29. The lowest BCUT2D eigenvalue weighted by molar-refractivity contribution is -0.143. The van der Waals surface area contributed by atoms with E-state index < -0.39 is 34.5 Å². The lowest BCUT2D eigenvalue weighted by atomic mass is 10.1. The van der Waals surface area contributed by atoms with Crippen LogP contribution >= 0.6 is 23.2 Å². The second-order valence-corrected chi connectivity index (χ2v) is 8.95. The molecule has 1 amide bonds. The minimum absolute atomic E-state index is 0.0568. The minimum atomic E-state index is -3.68. The molecule has 0 aliphatic heterocycles. The minimum Gasteiger partial charge on any atom is -0.467 e. The van der Waals surface area contributed by atoms with Gasteiger partial charge in [-0.3, -0.25) is 9.10 Å². The summed E-state index contributed by atoms with van der Waals surface area (Å²) < 4.78 is 30.3. The normalized spacial score (nSPS) is 12.2. The smallest absolute Gasteiger partial charge is 0.330 e. The topological polar surface area (TPSA) is 113 Å². The quantitative estimate of drug-likeness (QED) is 0.567. The van der Waals surface area contributed by atoms with Crippen LogP contribution in [0.2, 0.25) is 10.0 Å². The number of benzene rings is 2. The van der Waals surface area contributed by atoms with E-state index in [1.54, 1.807) is 18.2 Å². The van der Waals surface area contributed by atoms with E-state index in [1.807, 2.05) is 0 Å². The van der Waals surface area contributed by atoms with E-state index in [4.69, 9.17) is 23.2 Å². The third-order valence-corrected chi connectivity index (χ3v) is 6.14. The summed E-state index contributed by atoms with van der Waals surface area (Å²) in [6.45, 7) is -0.683. The van der Waals surface area contributed by atoms with Crippen molar-refractivity contribution in [3.05, 3.63) is 63.6 Å². The monoisotopic (exact) mass is 474 g/mol. The van der Waals surface area contributed by atoms with Crippen molar-refractivity contribution in [2.24, 2.45) is 0 Å². The van der Waals surface area contributed by atoms with E-state index in [0.29, 0.717) is 16.3 Å². The number of halogens is 2. The Bertz CT molecular complexity index is 1030. The maximum Gasteiger partial charge on any atom is 0.330 e. The number of anilines is 1. The molecule has 11 heteroatoms. The number of amides is 1. The predicted octanol–water partition coefficient (Wildman–Crippen LogP) is 2.22. The van der Waals surface area contributed by atoms with Gasteiger partial charge in [0.15, 0.2) is 6.04 Å². The molecule has 0 radical (unpaired) electrons. The van der Waals surface area contributed by atoms with Crippen molar-refractivity contribution in [1.82, 2.24) is 5.32 Å². The number of nitrogens with zero attached hydrogens (tertiary/aromatic N) is 1. The lowest BCUT2D eigenvalue weighted by Crippen LogP contribution is -2.44. The van der Waals surface area contributed by atoms with E-state index in [9.17, 15) is 23.1 Å². The Morgan fingerprint density at radius 3 is 2.33 bits per heavy atom. The largest absolute Gasteiger partial charge is 0.467 e. The second kappa shape index (κ2) is 10.1. The molecule has 0 bridgehead atoms. The number of aliphatic hydroxyl groups is 1. The summed E-state index contributed by atoms with van der Waals surface area (Å²) in [6, 6.07) is 9.40. The first kappa shape index (κ1) is 23.9. The lowest BCUT2D eigenvalue weighted by Gasteiger charge is -2.23. The Balaban J connectivity index is 2.27. The van der Waals surface area contributed by atoms with Gasteiger partial charge in [-0.2, -0.15) is 0 Å². The van der Waals surface area contributed by atoms with E-state index in [2.05, 4.69) is 10.1 Å². The highest BCUT2D eigenvalue weighted by atomic mass is 35.5. The average Bonchev–Trinajstić information content (AvgIpc) is 2.71. The molecule has 162 valence electrons. The van der Waals surface area contributed by atoms with Gasteiger partial charge in [-0.05, 0) is 35.9 Å². The predicted molar refractivity (Wildman–Crippen MR) is 114 cm³/mol. The Labute approximate surface area is 184 Å². The van der Waals surface area contributed by atoms with Gasteiger partial charge >= 0.3 is 5.97 Å². The average molecular weight is 475 g/mol. The van der Waals surface area contributed by atoms with Gasteiger partial charge in [0.25, 0.3) is 5.91 Å². The van der Waals surface area contributed by atoms with Crippen molar-refractivity contribution < 1.29 is 27.9 Å². The number of sulfonamides is 1. The van der Waals surface area contributed by atoms with Crippen molar-refractivity contribution in [3.8, 4) is 0 Å². The first-order valence-electron chi connectivity index (χ1n) is 8.58. The highest BCUT2D eigenvalue weighted by molar-refractivity contribution is 7.92. The number of hydrogen-bond acceptors (Lipinski definition) is 6. The molecule has 2 aromatic carbocycles. The summed E-state index contributed by atoms with van der Waals surface area (Å²) in [5, 5.41) is 12.1. The molecule has 0 spiro atoms.